The molecule has 3 rings (SSSR count). The lowest BCUT2D eigenvalue weighted by molar-refractivity contribution is -0.120. The molecule has 25 heavy (non-hydrogen) atoms. The fourth-order valence-electron chi connectivity index (χ4n) is 3.05. The highest BCUT2D eigenvalue weighted by molar-refractivity contribution is 5.96. The van der Waals surface area contributed by atoms with Crippen molar-refractivity contribution >= 4 is 22.6 Å². The quantitative estimate of drug-likeness (QED) is 0.719. The topological polar surface area (TPSA) is 45.5 Å². The molecule has 1 amide bonds. The standard InChI is InChI=1S/C21H24N2O2/c1-4-23(18-11-6-5-7-12-18)21(24)16(3)22-15(2)20-14-17-10-8-9-13-19(17)25-20/h5-16,22H,4H2,1-3H3. The van der Waals surface area contributed by atoms with Gasteiger partial charge in [0, 0.05) is 17.6 Å². The summed E-state index contributed by atoms with van der Waals surface area (Å²) in [6.45, 7) is 6.53. The lowest BCUT2D eigenvalue weighted by Crippen LogP contribution is -2.45. The van der Waals surface area contributed by atoms with E-state index in [1.807, 2.05) is 81.4 Å². The summed E-state index contributed by atoms with van der Waals surface area (Å²) in [6, 6.07) is 19.3. The predicted octanol–water partition coefficient (Wildman–Crippen LogP) is 4.53. The minimum atomic E-state index is -0.316. The Bertz CT molecular complexity index is 808. The van der Waals surface area contributed by atoms with Crippen LogP contribution in [0.3, 0.4) is 0 Å². The zero-order valence-electron chi connectivity index (χ0n) is 14.9. The van der Waals surface area contributed by atoms with Crippen molar-refractivity contribution in [3.05, 3.63) is 66.4 Å². The number of fused-ring (bicyclic) bond motifs is 1. The molecule has 4 heteroatoms. The maximum absolute atomic E-state index is 12.8. The van der Waals surface area contributed by atoms with Crippen LogP contribution in [0.15, 0.2) is 65.1 Å². The molecule has 0 bridgehead atoms. The Hall–Kier alpha value is -2.59. The van der Waals surface area contributed by atoms with E-state index in [9.17, 15) is 4.79 Å². The van der Waals surface area contributed by atoms with E-state index >= 15 is 0 Å². The molecular weight excluding hydrogens is 312 g/mol. The number of hydrogen-bond acceptors (Lipinski definition) is 3. The Morgan fingerprint density at radius 1 is 1.08 bits per heavy atom. The second kappa shape index (κ2) is 7.53. The number of para-hydroxylation sites is 2. The maximum atomic E-state index is 12.8. The van der Waals surface area contributed by atoms with Crippen LogP contribution in [0, 0.1) is 0 Å². The van der Waals surface area contributed by atoms with Gasteiger partial charge in [0.1, 0.15) is 11.3 Å². The summed E-state index contributed by atoms with van der Waals surface area (Å²) >= 11 is 0. The average Bonchev–Trinajstić information content (AvgIpc) is 3.07. The van der Waals surface area contributed by atoms with Crippen LogP contribution in [0.4, 0.5) is 5.69 Å². The summed E-state index contributed by atoms with van der Waals surface area (Å²) in [5, 5.41) is 4.43. The zero-order chi connectivity index (χ0) is 17.8. The highest BCUT2D eigenvalue weighted by Gasteiger charge is 2.23. The summed E-state index contributed by atoms with van der Waals surface area (Å²) in [5.41, 5.74) is 1.78. The highest BCUT2D eigenvalue weighted by Crippen LogP contribution is 2.24. The number of carbonyl (C=O) groups excluding carboxylic acids is 1. The van der Waals surface area contributed by atoms with Crippen molar-refractivity contribution < 1.29 is 9.21 Å². The Labute approximate surface area is 148 Å². The van der Waals surface area contributed by atoms with Gasteiger partial charge in [-0.15, -0.1) is 0 Å². The van der Waals surface area contributed by atoms with Crippen molar-refractivity contribution in [2.75, 3.05) is 11.4 Å². The van der Waals surface area contributed by atoms with Gasteiger partial charge < -0.3 is 9.32 Å². The van der Waals surface area contributed by atoms with Gasteiger partial charge in [-0.3, -0.25) is 10.1 Å². The lowest BCUT2D eigenvalue weighted by Gasteiger charge is -2.26. The largest absolute Gasteiger partial charge is 0.459 e. The Kier molecular flexibility index (Phi) is 5.19. The first-order valence-corrected chi connectivity index (χ1v) is 8.71. The van der Waals surface area contributed by atoms with E-state index in [2.05, 4.69) is 5.32 Å². The van der Waals surface area contributed by atoms with Gasteiger partial charge in [0.2, 0.25) is 5.91 Å². The average molecular weight is 336 g/mol. The number of furan rings is 1. The van der Waals surface area contributed by atoms with E-state index in [1.54, 1.807) is 4.90 Å². The normalized spacial score (nSPS) is 13.6. The first kappa shape index (κ1) is 17.2. The van der Waals surface area contributed by atoms with Crippen molar-refractivity contribution in [2.24, 2.45) is 0 Å². The third-order valence-corrected chi connectivity index (χ3v) is 4.39. The number of likely N-dealkylation sites (N-methyl/N-ethyl adjacent to an activating group) is 1. The van der Waals surface area contributed by atoms with Crippen molar-refractivity contribution in [2.45, 2.75) is 32.9 Å². The van der Waals surface area contributed by atoms with Crippen LogP contribution in [0.5, 0.6) is 0 Å². The molecule has 1 heterocycles. The van der Waals surface area contributed by atoms with E-state index in [0.717, 1.165) is 22.4 Å². The number of anilines is 1. The van der Waals surface area contributed by atoms with E-state index in [-0.39, 0.29) is 18.0 Å². The smallest absolute Gasteiger partial charge is 0.243 e. The molecule has 2 aromatic carbocycles. The Balaban J connectivity index is 1.71. The number of nitrogens with one attached hydrogen (secondary N) is 1. The molecule has 1 N–H and O–H groups in total. The molecular formula is C21H24N2O2. The SMILES string of the molecule is CCN(C(=O)C(C)NC(C)c1cc2ccccc2o1)c1ccccc1. The molecule has 0 aliphatic heterocycles. The van der Waals surface area contributed by atoms with Crippen LogP contribution < -0.4 is 10.2 Å². The number of amides is 1. The molecule has 0 fully saturated rings. The maximum Gasteiger partial charge on any atom is 0.243 e. The third kappa shape index (κ3) is 3.74. The first-order valence-electron chi connectivity index (χ1n) is 8.71. The van der Waals surface area contributed by atoms with Crippen LogP contribution in [-0.4, -0.2) is 18.5 Å². The van der Waals surface area contributed by atoms with Gasteiger partial charge in [-0.2, -0.15) is 0 Å². The molecule has 3 aromatic rings. The second-order valence-electron chi connectivity index (χ2n) is 6.21. The molecule has 4 nitrogen and oxygen atoms in total. The number of rotatable bonds is 6. The number of carbonyl (C=O) groups is 1. The summed E-state index contributed by atoms with van der Waals surface area (Å²) in [7, 11) is 0. The molecule has 0 spiro atoms. The van der Waals surface area contributed by atoms with Gasteiger partial charge in [0.15, 0.2) is 0 Å². The van der Waals surface area contributed by atoms with Gasteiger partial charge in [-0.05, 0) is 45.0 Å². The zero-order valence-corrected chi connectivity index (χ0v) is 14.9. The Morgan fingerprint density at radius 2 is 1.76 bits per heavy atom. The summed E-state index contributed by atoms with van der Waals surface area (Å²) in [4.78, 5) is 14.6. The summed E-state index contributed by atoms with van der Waals surface area (Å²) in [6.07, 6.45) is 0. The van der Waals surface area contributed by atoms with Crippen LogP contribution >= 0.6 is 0 Å². The molecule has 0 radical (unpaired) electrons. The predicted molar refractivity (Wildman–Crippen MR) is 102 cm³/mol. The number of hydrogen-bond donors (Lipinski definition) is 1. The number of nitrogens with zero attached hydrogens (tertiary/aromatic N) is 1. The molecule has 0 saturated carbocycles. The molecule has 1 aromatic heterocycles. The monoisotopic (exact) mass is 336 g/mol. The third-order valence-electron chi connectivity index (χ3n) is 4.39. The summed E-state index contributed by atoms with van der Waals surface area (Å²) in [5.74, 6) is 0.889. The molecule has 0 aliphatic rings. The van der Waals surface area contributed by atoms with Gasteiger partial charge >= 0.3 is 0 Å². The van der Waals surface area contributed by atoms with Gasteiger partial charge in [-0.25, -0.2) is 0 Å². The van der Waals surface area contributed by atoms with Gasteiger partial charge in [0.25, 0.3) is 0 Å². The van der Waals surface area contributed by atoms with Crippen molar-refractivity contribution in [3.63, 3.8) is 0 Å². The second-order valence-corrected chi connectivity index (χ2v) is 6.21. The first-order chi connectivity index (χ1) is 12.1. The van der Waals surface area contributed by atoms with E-state index in [4.69, 9.17) is 4.42 Å². The van der Waals surface area contributed by atoms with Crippen molar-refractivity contribution in [1.82, 2.24) is 5.32 Å². The van der Waals surface area contributed by atoms with E-state index in [0.29, 0.717) is 6.54 Å². The highest BCUT2D eigenvalue weighted by atomic mass is 16.3. The Morgan fingerprint density at radius 3 is 2.44 bits per heavy atom. The fraction of sp³-hybridized carbons (Fsp3) is 0.286. The minimum Gasteiger partial charge on any atom is -0.459 e. The van der Waals surface area contributed by atoms with Crippen LogP contribution in [0.25, 0.3) is 11.0 Å². The van der Waals surface area contributed by atoms with Crippen LogP contribution in [-0.2, 0) is 4.79 Å². The molecule has 2 atom stereocenters. The molecule has 0 saturated heterocycles. The van der Waals surface area contributed by atoms with Crippen molar-refractivity contribution in [3.8, 4) is 0 Å². The van der Waals surface area contributed by atoms with E-state index < -0.39 is 0 Å². The van der Waals surface area contributed by atoms with Crippen molar-refractivity contribution in [1.29, 1.82) is 0 Å². The summed E-state index contributed by atoms with van der Waals surface area (Å²) < 4.78 is 5.89. The molecule has 130 valence electrons. The minimum absolute atomic E-state index is 0.0525. The molecule has 2 unspecified atom stereocenters. The van der Waals surface area contributed by atoms with Gasteiger partial charge in [0.05, 0.1) is 12.1 Å². The van der Waals surface area contributed by atoms with Gasteiger partial charge in [-0.1, -0.05) is 36.4 Å². The van der Waals surface area contributed by atoms with Crippen LogP contribution in [0.1, 0.15) is 32.6 Å². The lowest BCUT2D eigenvalue weighted by atomic mass is 10.1. The fourth-order valence-corrected chi connectivity index (χ4v) is 3.05. The molecule has 0 aliphatic carbocycles. The van der Waals surface area contributed by atoms with Crippen LogP contribution in [0.2, 0.25) is 0 Å². The van der Waals surface area contributed by atoms with E-state index in [1.165, 1.54) is 0 Å². The number of benzene rings is 2.